The van der Waals surface area contributed by atoms with Crippen molar-refractivity contribution in [1.29, 1.82) is 0 Å². The van der Waals surface area contributed by atoms with Crippen molar-refractivity contribution in [2.75, 3.05) is 33.2 Å². The number of aliphatic hydroxyl groups is 3. The molecule has 1 saturated heterocycles. The van der Waals surface area contributed by atoms with Gasteiger partial charge in [0.2, 0.25) is 23.6 Å². The number of benzene rings is 7. The van der Waals surface area contributed by atoms with Crippen LogP contribution in [0.2, 0.25) is 0 Å². The first-order valence-electron chi connectivity index (χ1n) is 29.3. The number of Topliss-reactive ketones (excluding diaryl/α,β-unsaturated/α-hetero) is 3. The zero-order valence-electron chi connectivity index (χ0n) is 59.4. The Kier molecular flexibility index (Phi) is 55.6. The summed E-state index contributed by atoms with van der Waals surface area (Å²) in [6.07, 6.45) is 2.13. The normalized spacial score (nSPS) is 13.4. The maximum Gasteiger partial charge on any atom is 1.00 e. The van der Waals surface area contributed by atoms with Crippen LogP contribution in [-0.4, -0.2) is 97.1 Å². The van der Waals surface area contributed by atoms with Crippen LogP contribution in [0.4, 0.5) is 22.7 Å². The topological polar surface area (TPSA) is 290 Å². The quantitative estimate of drug-likeness (QED) is 0.00734. The van der Waals surface area contributed by atoms with Gasteiger partial charge in [-0.25, -0.2) is 0 Å². The summed E-state index contributed by atoms with van der Waals surface area (Å²) < 4.78 is 5.03. The summed E-state index contributed by atoms with van der Waals surface area (Å²) in [6, 6.07) is 55.6. The number of ether oxygens (including phenoxy) is 1. The fourth-order valence-corrected chi connectivity index (χ4v) is 7.69. The van der Waals surface area contributed by atoms with Gasteiger partial charge in [-0.15, -0.1) is 24.3 Å². The zero-order chi connectivity index (χ0) is 68.8. The number of alkyl halides is 1. The Balaban J connectivity index is -0.000000275. The standard InChI is InChI=1S/C21H24NO3.C20H22NO3.C11H13BrNO2.C11H12NO2.C9H10O.CH2O3.2K.4Y.H2.H/c1-4-19(23)17-9-7-16(8-10-17)13-14-21(3,25)20(24)22-18-11-5-15(2)6-12-18;1-14-4-10-18(11-5-14)21-19(23)20(3,24)13-12-16-6-8-17(9-7-16)15(2)22;1-8-3-5-9(6-4-8)13-10(14)11(2,15)7-12;1-8-3-5-9(6-4-8)12-10(13)11(2)7-14-11;1-7-3-5-9(6-4-7)8(2)10;2-1-4-3;;;;;;;;/h5,7-12,25H,4,13-14H2,1-3H3,(H,22,24);4,6-11,24H,12-13H2,1-3H3,(H,21,23);3,5-6,15H,7H2,1-2H3,(H,13,14);3,5-6H,7H2,1-2H3,(H,12,13);3-6H,1-2H3;1,3H;;;;;;;1H;/q4*-1;;;2*+1;;;;;;-1/p-1/t21-;20-;2*11-;;;;;;;;;;/m0000........../s1. The number of nitrogens with one attached hydrogen (secondary N) is 4. The van der Waals surface area contributed by atoms with Gasteiger partial charge in [0.25, 0.3) is 6.47 Å². The Bertz CT molecular complexity index is 3550. The van der Waals surface area contributed by atoms with Crippen LogP contribution in [-0.2, 0) is 177 Å². The smallest absolute Gasteiger partial charge is 1.00 e. The summed E-state index contributed by atoms with van der Waals surface area (Å²) >= 11 is 3.08. The first-order chi connectivity index (χ1) is 43.3. The van der Waals surface area contributed by atoms with E-state index in [0.717, 1.165) is 44.6 Å². The predicted octanol–water partition coefficient (Wildman–Crippen LogP) is 5.42. The Morgan fingerprint density at radius 3 is 1.09 bits per heavy atom. The van der Waals surface area contributed by atoms with Gasteiger partial charge in [-0.05, 0) is 85.3 Å². The van der Waals surface area contributed by atoms with Gasteiger partial charge in [0.1, 0.15) is 16.8 Å². The number of hydrogen-bond donors (Lipinski definition) is 7. The number of rotatable bonds is 20. The molecular weight excluding hydrogens is 1670 g/mol. The molecule has 25 heteroatoms. The van der Waals surface area contributed by atoms with Gasteiger partial charge < -0.3 is 52.9 Å². The second-order valence-electron chi connectivity index (χ2n) is 22.7. The maximum atomic E-state index is 12.3. The van der Waals surface area contributed by atoms with E-state index in [1.165, 1.54) is 33.3 Å². The number of carbonyl (C=O) groups is 8. The second kappa shape index (κ2) is 52.8. The molecule has 4 amide bonds. The van der Waals surface area contributed by atoms with E-state index >= 15 is 0 Å². The van der Waals surface area contributed by atoms with Crippen LogP contribution in [0.15, 0.2) is 146 Å². The largest absolute Gasteiger partial charge is 1.00 e. The van der Waals surface area contributed by atoms with Crippen LogP contribution >= 0.6 is 15.9 Å². The fourth-order valence-electron chi connectivity index (χ4n) is 7.44. The molecule has 7 aromatic rings. The molecular formula is C73H85BrK2N4O14Y4-4. The average Bonchev–Trinajstić information content (AvgIpc) is 1.64. The van der Waals surface area contributed by atoms with Gasteiger partial charge in [0, 0.05) is 161 Å². The minimum atomic E-state index is -1.48. The van der Waals surface area contributed by atoms with Gasteiger partial charge in [-0.1, -0.05) is 152 Å². The molecule has 1 fully saturated rings. The molecule has 4 atom stereocenters. The number of aryl methyl sites for hydroxylation is 7. The first-order valence-corrected chi connectivity index (χ1v) is 30.5. The minimum absolute atomic E-state index is 0. The molecule has 0 aliphatic carbocycles. The van der Waals surface area contributed by atoms with Gasteiger partial charge >= 0.3 is 103 Å². The molecule has 1 aliphatic heterocycles. The molecule has 506 valence electrons. The van der Waals surface area contributed by atoms with Crippen LogP contribution in [0.5, 0.6) is 0 Å². The molecule has 7 aromatic carbocycles. The van der Waals surface area contributed by atoms with Crippen molar-refractivity contribution in [3.05, 3.63) is 225 Å². The number of anilines is 4. The molecule has 0 spiro atoms. The van der Waals surface area contributed by atoms with Crippen molar-refractivity contribution in [2.45, 2.75) is 138 Å². The number of amides is 4. The first kappa shape index (κ1) is 103. The predicted molar refractivity (Wildman–Crippen MR) is 360 cm³/mol. The number of epoxide rings is 1. The Hall–Kier alpha value is -1.13. The van der Waals surface area contributed by atoms with Crippen LogP contribution < -0.4 is 129 Å². The summed E-state index contributed by atoms with van der Waals surface area (Å²) in [7, 11) is 0. The van der Waals surface area contributed by atoms with Crippen molar-refractivity contribution >= 4 is 86.1 Å². The van der Waals surface area contributed by atoms with E-state index in [4.69, 9.17) is 14.8 Å². The van der Waals surface area contributed by atoms with Gasteiger partial charge in [0.15, 0.2) is 23.0 Å². The molecule has 0 aromatic heterocycles. The molecule has 0 saturated carbocycles. The number of ketones is 3. The van der Waals surface area contributed by atoms with E-state index in [-0.39, 0.29) is 284 Å². The maximum absolute atomic E-state index is 12.3. The van der Waals surface area contributed by atoms with Crippen molar-refractivity contribution in [2.24, 2.45) is 0 Å². The summed E-state index contributed by atoms with van der Waals surface area (Å²) in [5, 5.41) is 50.0. The van der Waals surface area contributed by atoms with Crippen molar-refractivity contribution < 1.29 is 305 Å². The monoisotopic (exact) mass is 1750 g/mol. The second-order valence-corrected chi connectivity index (χ2v) is 23.2. The Labute approximate surface area is 774 Å². The number of carbonyl (C=O) groups excluding carboxylic acids is 8. The van der Waals surface area contributed by atoms with E-state index in [1.807, 2.05) is 120 Å². The zero-order valence-corrected chi connectivity index (χ0v) is 77.6. The van der Waals surface area contributed by atoms with E-state index in [0.29, 0.717) is 54.1 Å². The molecule has 8 rings (SSSR count). The van der Waals surface area contributed by atoms with Crippen molar-refractivity contribution in [1.82, 2.24) is 0 Å². The van der Waals surface area contributed by atoms with E-state index in [2.05, 4.69) is 66.4 Å². The van der Waals surface area contributed by atoms with Gasteiger partial charge in [-0.3, -0.25) is 38.4 Å². The van der Waals surface area contributed by atoms with Crippen LogP contribution in [0, 0.1) is 58.9 Å². The van der Waals surface area contributed by atoms with Crippen molar-refractivity contribution in [3.63, 3.8) is 0 Å². The molecule has 18 nitrogen and oxygen atoms in total. The minimum Gasteiger partial charge on any atom is -1.00 e. The molecule has 1 aliphatic rings. The van der Waals surface area contributed by atoms with Crippen molar-refractivity contribution in [3.8, 4) is 0 Å². The Morgan fingerprint density at radius 1 is 0.551 bits per heavy atom. The van der Waals surface area contributed by atoms with Gasteiger partial charge in [0.05, 0.1) is 6.61 Å². The van der Waals surface area contributed by atoms with Crippen LogP contribution in [0.3, 0.4) is 0 Å². The molecule has 1 heterocycles. The van der Waals surface area contributed by atoms with Gasteiger partial charge in [-0.2, -0.15) is 95.1 Å². The summed E-state index contributed by atoms with van der Waals surface area (Å²) in [5.41, 5.74) is 6.91. The molecule has 7 N–H and O–H groups in total. The summed E-state index contributed by atoms with van der Waals surface area (Å²) in [6.45, 7) is 21.2. The summed E-state index contributed by atoms with van der Waals surface area (Å²) in [5.74, 6) is -1.16. The van der Waals surface area contributed by atoms with E-state index in [1.54, 1.807) is 80.6 Å². The van der Waals surface area contributed by atoms with E-state index in [9.17, 15) is 48.9 Å². The fraction of sp³-hybridized carbons (Fsp3) is 0.315. The van der Waals surface area contributed by atoms with Crippen LogP contribution in [0.25, 0.3) is 0 Å². The average molecular weight is 1760 g/mol. The summed E-state index contributed by atoms with van der Waals surface area (Å²) in [4.78, 5) is 92.5. The molecule has 4 radical (unpaired) electrons. The molecule has 98 heavy (non-hydrogen) atoms. The molecule has 0 unspecified atom stereocenters. The third-order valence-electron chi connectivity index (χ3n) is 13.9. The third kappa shape index (κ3) is 40.4. The third-order valence-corrected chi connectivity index (χ3v) is 15.0. The number of hydrogen-bond acceptors (Lipinski definition) is 14. The van der Waals surface area contributed by atoms with Crippen LogP contribution in [0.1, 0.15) is 141 Å². The number of halogens is 1. The van der Waals surface area contributed by atoms with E-state index < -0.39 is 40.1 Å². The molecule has 0 bridgehead atoms. The Morgan fingerprint density at radius 2 is 0.837 bits per heavy atom. The SMILES string of the molecule is CC(=O)c1ccc(C)cc1.CC(=O)c1ccc(CC[C@](C)(O)C(=O)Nc2c[c-]c(C)cc2)cc1.CCC(=O)c1ccc(CC[C@](C)(O)C(=O)Nc2c[c-]c(C)cc2)cc1.Cc1[c-]cc(NC(=O)[C@@](C)(O)CBr)cc1.Cc1[c-]cc(NC(=O)[C@]2(C)CO2)cc1.O=CO[O-].[H-].[HH].[K+].[K+].[Y].[Y].[Y].[Y].